The average molecular weight is 266 g/mol. The van der Waals surface area contributed by atoms with E-state index < -0.39 is 5.97 Å². The molecule has 2 rings (SSSR count). The molecule has 0 amide bonds. The molecule has 1 aromatic heterocycles. The number of carboxylic acids is 1. The summed E-state index contributed by atoms with van der Waals surface area (Å²) in [5.41, 5.74) is 0.648. The zero-order chi connectivity index (χ0) is 13.3. The number of carbonyl (C=O) groups is 1. The highest BCUT2D eigenvalue weighted by Crippen LogP contribution is 2.34. The van der Waals surface area contributed by atoms with Crippen molar-refractivity contribution in [2.24, 2.45) is 0 Å². The molecule has 1 aromatic carbocycles. The van der Waals surface area contributed by atoms with Gasteiger partial charge in [-0.2, -0.15) is 0 Å². The van der Waals surface area contributed by atoms with E-state index in [1.54, 1.807) is 31.1 Å². The summed E-state index contributed by atoms with van der Waals surface area (Å²) in [5.74, 6) is -1.44. The van der Waals surface area contributed by atoms with E-state index in [9.17, 15) is 9.18 Å². The summed E-state index contributed by atoms with van der Waals surface area (Å²) in [6.45, 7) is 0. The Morgan fingerprint density at radius 1 is 1.33 bits per heavy atom. The molecule has 0 spiro atoms. The molecule has 4 nitrogen and oxygen atoms in total. The van der Waals surface area contributed by atoms with Gasteiger partial charge >= 0.3 is 5.97 Å². The van der Waals surface area contributed by atoms with Gasteiger partial charge in [0.2, 0.25) is 0 Å². The van der Waals surface area contributed by atoms with Crippen molar-refractivity contribution in [1.82, 2.24) is 4.98 Å². The van der Waals surface area contributed by atoms with Crippen LogP contribution in [0.15, 0.2) is 24.3 Å². The van der Waals surface area contributed by atoms with E-state index in [2.05, 4.69) is 4.98 Å². The van der Waals surface area contributed by atoms with Crippen LogP contribution in [0.5, 0.6) is 0 Å². The molecule has 2 aromatic rings. The van der Waals surface area contributed by atoms with Crippen molar-refractivity contribution < 1.29 is 14.3 Å². The van der Waals surface area contributed by atoms with Gasteiger partial charge in [-0.05, 0) is 17.7 Å². The fourth-order valence-electron chi connectivity index (χ4n) is 1.44. The molecule has 0 unspecified atom stereocenters. The lowest BCUT2D eigenvalue weighted by molar-refractivity contribution is 0.0692. The van der Waals surface area contributed by atoms with Gasteiger partial charge in [0.25, 0.3) is 0 Å². The number of rotatable bonds is 3. The minimum atomic E-state index is -1.08. The molecular weight excluding hydrogens is 255 g/mol. The van der Waals surface area contributed by atoms with E-state index in [-0.39, 0.29) is 11.5 Å². The molecule has 94 valence electrons. The van der Waals surface area contributed by atoms with Gasteiger partial charge in [-0.25, -0.2) is 14.2 Å². The van der Waals surface area contributed by atoms with E-state index in [0.29, 0.717) is 15.6 Å². The Morgan fingerprint density at radius 2 is 1.94 bits per heavy atom. The lowest BCUT2D eigenvalue weighted by Crippen LogP contribution is -2.08. The lowest BCUT2D eigenvalue weighted by atomic mass is 10.1. The summed E-state index contributed by atoms with van der Waals surface area (Å²) in [5, 5.41) is 9.73. The zero-order valence-electron chi connectivity index (χ0n) is 9.85. The molecule has 0 radical (unpaired) electrons. The van der Waals surface area contributed by atoms with Crippen LogP contribution in [0.3, 0.4) is 0 Å². The molecule has 18 heavy (non-hydrogen) atoms. The number of hydrogen-bond acceptors (Lipinski definition) is 4. The van der Waals surface area contributed by atoms with E-state index >= 15 is 0 Å². The molecule has 0 saturated carbocycles. The lowest BCUT2D eigenvalue weighted by Gasteiger charge is -2.05. The van der Waals surface area contributed by atoms with Gasteiger partial charge in [-0.15, -0.1) is 0 Å². The molecule has 6 heteroatoms. The standard InChI is InChI=1S/C12H11FN2O2S/c1-15(2)12-14-9(11(16)17)10(18-12)7-3-5-8(13)6-4-7/h3-6H,1-2H3,(H,16,17). The predicted octanol–water partition coefficient (Wildman–Crippen LogP) is 2.71. The Bertz CT molecular complexity index is 578. The maximum absolute atomic E-state index is 12.9. The van der Waals surface area contributed by atoms with E-state index in [0.717, 1.165) is 0 Å². The van der Waals surface area contributed by atoms with E-state index in [1.165, 1.54) is 23.5 Å². The van der Waals surface area contributed by atoms with Crippen LogP contribution in [0, 0.1) is 5.82 Å². The SMILES string of the molecule is CN(C)c1nc(C(=O)O)c(-c2ccc(F)cc2)s1. The minimum Gasteiger partial charge on any atom is -0.476 e. The summed E-state index contributed by atoms with van der Waals surface area (Å²) < 4.78 is 12.9. The Kier molecular flexibility index (Phi) is 3.29. The topological polar surface area (TPSA) is 53.4 Å². The molecule has 0 aliphatic rings. The van der Waals surface area contributed by atoms with Crippen LogP contribution in [0.2, 0.25) is 0 Å². The van der Waals surface area contributed by atoms with E-state index in [1.807, 2.05) is 0 Å². The van der Waals surface area contributed by atoms with Crippen LogP contribution in [-0.4, -0.2) is 30.2 Å². The van der Waals surface area contributed by atoms with Crippen molar-refractivity contribution in [3.63, 3.8) is 0 Å². The highest BCUT2D eigenvalue weighted by molar-refractivity contribution is 7.19. The fourth-order valence-corrected chi connectivity index (χ4v) is 2.43. The van der Waals surface area contributed by atoms with Gasteiger partial charge in [0.15, 0.2) is 10.8 Å². The van der Waals surface area contributed by atoms with Gasteiger partial charge in [0.1, 0.15) is 5.82 Å². The summed E-state index contributed by atoms with van der Waals surface area (Å²) in [6, 6.07) is 5.70. The van der Waals surface area contributed by atoms with E-state index in [4.69, 9.17) is 5.11 Å². The van der Waals surface area contributed by atoms with Gasteiger partial charge in [-0.1, -0.05) is 23.5 Å². The molecule has 1 N–H and O–H groups in total. The van der Waals surface area contributed by atoms with Crippen LogP contribution in [-0.2, 0) is 0 Å². The number of halogens is 1. The Labute approximate surface area is 107 Å². The van der Waals surface area contributed by atoms with Crippen molar-refractivity contribution in [3.8, 4) is 10.4 Å². The first-order chi connectivity index (χ1) is 8.49. The molecule has 0 aliphatic heterocycles. The third kappa shape index (κ3) is 2.33. The third-order valence-electron chi connectivity index (χ3n) is 2.31. The van der Waals surface area contributed by atoms with Crippen molar-refractivity contribution in [1.29, 1.82) is 0 Å². The van der Waals surface area contributed by atoms with Crippen molar-refractivity contribution in [3.05, 3.63) is 35.8 Å². The quantitative estimate of drug-likeness (QED) is 0.928. The number of hydrogen-bond donors (Lipinski definition) is 1. The van der Waals surface area contributed by atoms with Crippen LogP contribution < -0.4 is 4.90 Å². The first-order valence-electron chi connectivity index (χ1n) is 5.16. The fraction of sp³-hybridized carbons (Fsp3) is 0.167. The summed E-state index contributed by atoms with van der Waals surface area (Å²) in [6.07, 6.45) is 0. The van der Waals surface area contributed by atoms with Crippen molar-refractivity contribution in [2.45, 2.75) is 0 Å². The Hall–Kier alpha value is -1.95. The molecular formula is C12H11FN2O2S. The van der Waals surface area contributed by atoms with Crippen LogP contribution >= 0.6 is 11.3 Å². The smallest absolute Gasteiger partial charge is 0.356 e. The molecule has 0 saturated heterocycles. The summed E-state index contributed by atoms with van der Waals surface area (Å²) >= 11 is 1.27. The van der Waals surface area contributed by atoms with Crippen LogP contribution in [0.1, 0.15) is 10.5 Å². The predicted molar refractivity (Wildman–Crippen MR) is 68.8 cm³/mol. The largest absolute Gasteiger partial charge is 0.476 e. The summed E-state index contributed by atoms with van der Waals surface area (Å²) in [7, 11) is 3.58. The van der Waals surface area contributed by atoms with Gasteiger partial charge < -0.3 is 10.0 Å². The monoisotopic (exact) mass is 266 g/mol. The maximum atomic E-state index is 12.9. The van der Waals surface area contributed by atoms with Gasteiger partial charge in [0, 0.05) is 14.1 Å². The zero-order valence-corrected chi connectivity index (χ0v) is 10.7. The highest BCUT2D eigenvalue weighted by Gasteiger charge is 2.19. The Morgan fingerprint density at radius 3 is 2.44 bits per heavy atom. The number of aromatic carboxylic acids is 1. The van der Waals surface area contributed by atoms with Crippen molar-refractivity contribution >= 4 is 22.4 Å². The molecule has 0 bridgehead atoms. The van der Waals surface area contributed by atoms with Crippen LogP contribution in [0.25, 0.3) is 10.4 Å². The number of aromatic nitrogens is 1. The van der Waals surface area contributed by atoms with Gasteiger partial charge in [-0.3, -0.25) is 0 Å². The second-order valence-electron chi connectivity index (χ2n) is 3.88. The number of benzene rings is 1. The molecule has 0 fully saturated rings. The second kappa shape index (κ2) is 4.73. The first kappa shape index (κ1) is 12.5. The maximum Gasteiger partial charge on any atom is 0.356 e. The number of anilines is 1. The first-order valence-corrected chi connectivity index (χ1v) is 5.98. The average Bonchev–Trinajstić information content (AvgIpc) is 2.75. The third-order valence-corrected chi connectivity index (χ3v) is 3.58. The highest BCUT2D eigenvalue weighted by atomic mass is 32.1. The molecule has 1 heterocycles. The number of carboxylic acid groups (broad SMARTS) is 1. The van der Waals surface area contributed by atoms with Gasteiger partial charge in [0.05, 0.1) is 4.88 Å². The molecule has 0 atom stereocenters. The number of thiazole rings is 1. The molecule has 0 aliphatic carbocycles. The minimum absolute atomic E-state index is 0.00434. The van der Waals surface area contributed by atoms with Crippen molar-refractivity contribution in [2.75, 3.05) is 19.0 Å². The van der Waals surface area contributed by atoms with Crippen LogP contribution in [0.4, 0.5) is 9.52 Å². The number of nitrogens with zero attached hydrogens (tertiary/aromatic N) is 2. The Balaban J connectivity index is 2.55. The second-order valence-corrected chi connectivity index (χ2v) is 4.86. The normalized spacial score (nSPS) is 10.4. The summed E-state index contributed by atoms with van der Waals surface area (Å²) in [4.78, 5) is 17.5.